The zero-order chi connectivity index (χ0) is 17.5. The predicted molar refractivity (Wildman–Crippen MR) is 99.8 cm³/mol. The lowest BCUT2D eigenvalue weighted by Gasteiger charge is -2.12. The number of aromatic nitrogens is 1. The number of anilines is 2. The van der Waals surface area contributed by atoms with Crippen LogP contribution in [0.15, 0.2) is 36.5 Å². The molecule has 0 aliphatic carbocycles. The fourth-order valence-electron chi connectivity index (χ4n) is 2.37. The van der Waals surface area contributed by atoms with Crippen molar-refractivity contribution in [3.63, 3.8) is 0 Å². The summed E-state index contributed by atoms with van der Waals surface area (Å²) in [6, 6.07) is 9.54. The van der Waals surface area contributed by atoms with Gasteiger partial charge in [-0.25, -0.2) is 0 Å². The van der Waals surface area contributed by atoms with Gasteiger partial charge >= 0.3 is 0 Å². The van der Waals surface area contributed by atoms with Gasteiger partial charge in [0.15, 0.2) is 0 Å². The average molecular weight is 326 g/mol. The van der Waals surface area contributed by atoms with Crippen LogP contribution in [0.5, 0.6) is 0 Å². The molecule has 0 aliphatic heterocycles. The first-order valence-corrected chi connectivity index (χ1v) is 8.19. The van der Waals surface area contributed by atoms with E-state index in [0.29, 0.717) is 5.69 Å². The normalized spacial score (nSPS) is 10.7. The van der Waals surface area contributed by atoms with Crippen molar-refractivity contribution in [1.82, 2.24) is 9.88 Å². The first-order chi connectivity index (χ1) is 11.5. The lowest BCUT2D eigenvalue weighted by atomic mass is 10.1. The Morgan fingerprint density at radius 2 is 2.00 bits per heavy atom. The Bertz CT molecular complexity index is 698. The Hall–Kier alpha value is -2.40. The summed E-state index contributed by atoms with van der Waals surface area (Å²) in [5.74, 6) is -0.194. The summed E-state index contributed by atoms with van der Waals surface area (Å²) >= 11 is 0. The number of carbonyl (C=O) groups is 1. The molecule has 0 aliphatic rings. The quantitative estimate of drug-likeness (QED) is 0.767. The Kier molecular flexibility index (Phi) is 6.32. The van der Waals surface area contributed by atoms with Crippen LogP contribution in [-0.4, -0.2) is 43.0 Å². The SMILES string of the molecule is Cc1cccc(NC(=O)c2cc(NCCCN(C)C)ccn2)c1C. The highest BCUT2D eigenvalue weighted by Crippen LogP contribution is 2.19. The molecule has 5 nitrogen and oxygen atoms in total. The molecule has 2 aromatic rings. The molecule has 2 rings (SSSR count). The van der Waals surface area contributed by atoms with Crippen LogP contribution in [0, 0.1) is 13.8 Å². The first kappa shape index (κ1) is 17.9. The molecule has 1 amide bonds. The van der Waals surface area contributed by atoms with Gasteiger partial charge in [-0.05, 0) is 70.2 Å². The molecular weight excluding hydrogens is 300 g/mol. The van der Waals surface area contributed by atoms with E-state index in [4.69, 9.17) is 0 Å². The molecule has 0 fully saturated rings. The van der Waals surface area contributed by atoms with Gasteiger partial charge in [-0.1, -0.05) is 12.1 Å². The number of amides is 1. The third-order valence-corrected chi connectivity index (χ3v) is 3.96. The zero-order valence-electron chi connectivity index (χ0n) is 14.9. The number of nitrogens with zero attached hydrogens (tertiary/aromatic N) is 2. The highest BCUT2D eigenvalue weighted by molar-refractivity contribution is 6.03. The van der Waals surface area contributed by atoms with Gasteiger partial charge in [-0.15, -0.1) is 0 Å². The summed E-state index contributed by atoms with van der Waals surface area (Å²) in [5.41, 5.74) is 4.37. The van der Waals surface area contributed by atoms with Gasteiger partial charge in [0.2, 0.25) is 0 Å². The number of benzene rings is 1. The lowest BCUT2D eigenvalue weighted by Crippen LogP contribution is -2.17. The summed E-state index contributed by atoms with van der Waals surface area (Å²) in [4.78, 5) is 18.8. The monoisotopic (exact) mass is 326 g/mol. The number of carbonyl (C=O) groups excluding carboxylic acids is 1. The van der Waals surface area contributed by atoms with E-state index in [2.05, 4.69) is 34.6 Å². The highest BCUT2D eigenvalue weighted by atomic mass is 16.1. The molecule has 0 saturated heterocycles. The molecule has 128 valence electrons. The molecular formula is C19H26N4O. The molecule has 1 aromatic carbocycles. The van der Waals surface area contributed by atoms with Gasteiger partial charge in [0, 0.05) is 24.1 Å². The number of aryl methyl sites for hydroxylation is 1. The molecule has 0 atom stereocenters. The summed E-state index contributed by atoms with van der Waals surface area (Å²) in [5, 5.41) is 6.27. The second-order valence-corrected chi connectivity index (χ2v) is 6.21. The Balaban J connectivity index is 1.99. The van der Waals surface area contributed by atoms with Crippen molar-refractivity contribution >= 4 is 17.3 Å². The predicted octanol–water partition coefficient (Wildman–Crippen LogP) is 3.31. The van der Waals surface area contributed by atoms with E-state index in [1.54, 1.807) is 12.3 Å². The van der Waals surface area contributed by atoms with E-state index in [1.807, 2.05) is 38.1 Å². The minimum atomic E-state index is -0.194. The topological polar surface area (TPSA) is 57.3 Å². The van der Waals surface area contributed by atoms with Crippen LogP contribution in [0.4, 0.5) is 11.4 Å². The molecule has 0 saturated carbocycles. The Morgan fingerprint density at radius 3 is 2.75 bits per heavy atom. The average Bonchev–Trinajstić information content (AvgIpc) is 2.56. The molecule has 5 heteroatoms. The summed E-state index contributed by atoms with van der Waals surface area (Å²) < 4.78 is 0. The van der Waals surface area contributed by atoms with E-state index in [9.17, 15) is 4.79 Å². The van der Waals surface area contributed by atoms with Crippen molar-refractivity contribution in [3.8, 4) is 0 Å². The van der Waals surface area contributed by atoms with E-state index in [1.165, 1.54) is 0 Å². The minimum absolute atomic E-state index is 0.194. The molecule has 0 unspecified atom stereocenters. The number of rotatable bonds is 7. The van der Waals surface area contributed by atoms with Crippen LogP contribution in [0.25, 0.3) is 0 Å². The third-order valence-electron chi connectivity index (χ3n) is 3.96. The number of nitrogens with one attached hydrogen (secondary N) is 2. The van der Waals surface area contributed by atoms with Crippen molar-refractivity contribution in [2.75, 3.05) is 37.8 Å². The second kappa shape index (κ2) is 8.45. The van der Waals surface area contributed by atoms with Crippen LogP contribution in [0.1, 0.15) is 28.0 Å². The largest absolute Gasteiger partial charge is 0.385 e. The molecule has 1 aromatic heterocycles. The Morgan fingerprint density at radius 1 is 1.21 bits per heavy atom. The third kappa shape index (κ3) is 5.06. The fourth-order valence-corrected chi connectivity index (χ4v) is 2.37. The molecule has 24 heavy (non-hydrogen) atoms. The van der Waals surface area contributed by atoms with Gasteiger partial charge < -0.3 is 15.5 Å². The van der Waals surface area contributed by atoms with Crippen molar-refractivity contribution < 1.29 is 4.79 Å². The highest BCUT2D eigenvalue weighted by Gasteiger charge is 2.10. The molecule has 2 N–H and O–H groups in total. The zero-order valence-corrected chi connectivity index (χ0v) is 14.9. The van der Waals surface area contributed by atoms with Gasteiger partial charge in [-0.2, -0.15) is 0 Å². The summed E-state index contributed by atoms with van der Waals surface area (Å²) in [6.07, 6.45) is 2.70. The van der Waals surface area contributed by atoms with Gasteiger partial charge in [-0.3, -0.25) is 9.78 Å². The van der Waals surface area contributed by atoms with Crippen LogP contribution >= 0.6 is 0 Å². The van der Waals surface area contributed by atoms with E-state index in [0.717, 1.165) is 42.0 Å². The van der Waals surface area contributed by atoms with Crippen LogP contribution in [0.2, 0.25) is 0 Å². The lowest BCUT2D eigenvalue weighted by molar-refractivity contribution is 0.102. The van der Waals surface area contributed by atoms with Crippen molar-refractivity contribution in [2.24, 2.45) is 0 Å². The van der Waals surface area contributed by atoms with Crippen molar-refractivity contribution in [3.05, 3.63) is 53.3 Å². The van der Waals surface area contributed by atoms with E-state index in [-0.39, 0.29) is 5.91 Å². The maximum Gasteiger partial charge on any atom is 0.274 e. The van der Waals surface area contributed by atoms with Crippen LogP contribution in [-0.2, 0) is 0 Å². The molecule has 1 heterocycles. The Labute approximate surface area is 144 Å². The summed E-state index contributed by atoms with van der Waals surface area (Å²) in [6.45, 7) is 5.92. The molecule has 0 spiro atoms. The maximum atomic E-state index is 12.4. The molecule has 0 bridgehead atoms. The van der Waals surface area contributed by atoms with Gasteiger partial charge in [0.25, 0.3) is 5.91 Å². The number of hydrogen-bond acceptors (Lipinski definition) is 4. The fraction of sp³-hybridized carbons (Fsp3) is 0.368. The van der Waals surface area contributed by atoms with Crippen LogP contribution in [0.3, 0.4) is 0 Å². The van der Waals surface area contributed by atoms with Gasteiger partial charge in [0.05, 0.1) is 0 Å². The first-order valence-electron chi connectivity index (χ1n) is 8.19. The minimum Gasteiger partial charge on any atom is -0.385 e. The van der Waals surface area contributed by atoms with Gasteiger partial charge in [0.1, 0.15) is 5.69 Å². The maximum absolute atomic E-state index is 12.4. The number of pyridine rings is 1. The molecule has 0 radical (unpaired) electrons. The number of hydrogen-bond donors (Lipinski definition) is 2. The van der Waals surface area contributed by atoms with E-state index >= 15 is 0 Å². The smallest absolute Gasteiger partial charge is 0.274 e. The van der Waals surface area contributed by atoms with E-state index < -0.39 is 0 Å². The summed E-state index contributed by atoms with van der Waals surface area (Å²) in [7, 11) is 4.12. The standard InChI is InChI=1S/C19H26N4O/c1-14-7-5-8-17(15(14)2)22-19(24)18-13-16(9-11-21-18)20-10-6-12-23(3)4/h5,7-9,11,13H,6,10,12H2,1-4H3,(H,20,21)(H,22,24). The van der Waals surface area contributed by atoms with Crippen molar-refractivity contribution in [2.45, 2.75) is 20.3 Å². The second-order valence-electron chi connectivity index (χ2n) is 6.21. The van der Waals surface area contributed by atoms with Crippen LogP contribution < -0.4 is 10.6 Å². The van der Waals surface area contributed by atoms with Crippen molar-refractivity contribution in [1.29, 1.82) is 0 Å².